The van der Waals surface area contributed by atoms with Gasteiger partial charge in [0.05, 0.1) is 11.1 Å². The normalized spacial score (nSPS) is 11.1. The standard InChI is InChI=1S/C32H26BrFN4O6/c1-20-3-4-21(2)37(20)26-9-11-27(12-10-26)42-19-28-13-14-30(44-28)32(39)36-35-17-23-15-24(33)16-29(38(40)41)31(23)43-18-22-5-7-25(34)8-6-22/h3-17H,18-19H2,1-2H3,(H,36,39)/b35-17+. The van der Waals surface area contributed by atoms with Gasteiger partial charge in [-0.05, 0) is 86.1 Å². The maximum Gasteiger partial charge on any atom is 0.312 e. The second kappa shape index (κ2) is 13.4. The van der Waals surface area contributed by atoms with Crippen LogP contribution in [-0.2, 0) is 13.2 Å². The van der Waals surface area contributed by atoms with Gasteiger partial charge in [0.25, 0.3) is 0 Å². The Hall–Kier alpha value is -5.23. The number of nitrogens with one attached hydrogen (secondary N) is 1. The molecule has 0 unspecified atom stereocenters. The summed E-state index contributed by atoms with van der Waals surface area (Å²) in [6.07, 6.45) is 1.23. The Labute approximate surface area is 260 Å². The van der Waals surface area contributed by atoms with Crippen LogP contribution < -0.4 is 14.9 Å². The van der Waals surface area contributed by atoms with E-state index in [1.54, 1.807) is 12.1 Å². The Morgan fingerprint density at radius 2 is 1.70 bits per heavy atom. The fourth-order valence-corrected chi connectivity index (χ4v) is 4.90. The number of hydrogen-bond donors (Lipinski definition) is 1. The topological polar surface area (TPSA) is 121 Å². The number of ether oxygens (including phenoxy) is 2. The molecule has 1 amide bonds. The predicted molar refractivity (Wildman–Crippen MR) is 165 cm³/mol. The van der Waals surface area contributed by atoms with E-state index in [4.69, 9.17) is 13.9 Å². The number of aromatic nitrogens is 1. The van der Waals surface area contributed by atoms with E-state index in [9.17, 15) is 19.3 Å². The number of carbonyl (C=O) groups is 1. The van der Waals surface area contributed by atoms with Gasteiger partial charge in [0.15, 0.2) is 5.76 Å². The summed E-state index contributed by atoms with van der Waals surface area (Å²) in [5, 5.41) is 15.6. The van der Waals surface area contributed by atoms with Crippen LogP contribution in [0.25, 0.3) is 5.69 Å². The molecule has 0 aliphatic heterocycles. The first kappa shape index (κ1) is 30.2. The molecule has 3 aromatic carbocycles. The number of carbonyl (C=O) groups excluding carboxylic acids is 1. The fraction of sp³-hybridized carbons (Fsp3) is 0.125. The maximum atomic E-state index is 13.2. The molecule has 0 spiro atoms. The average Bonchev–Trinajstić information content (AvgIpc) is 3.62. The molecule has 2 aromatic heterocycles. The summed E-state index contributed by atoms with van der Waals surface area (Å²) in [6, 6.07) is 23.3. The molecule has 5 aromatic rings. The van der Waals surface area contributed by atoms with E-state index in [0.717, 1.165) is 17.1 Å². The molecule has 0 saturated carbocycles. The Morgan fingerprint density at radius 1 is 1.00 bits per heavy atom. The van der Waals surface area contributed by atoms with Crippen LogP contribution in [0.3, 0.4) is 0 Å². The third kappa shape index (κ3) is 7.21. The van der Waals surface area contributed by atoms with Crippen LogP contribution in [-0.4, -0.2) is 21.6 Å². The molecule has 224 valence electrons. The lowest BCUT2D eigenvalue weighted by molar-refractivity contribution is -0.386. The number of hydrogen-bond acceptors (Lipinski definition) is 7. The zero-order chi connectivity index (χ0) is 31.2. The summed E-state index contributed by atoms with van der Waals surface area (Å²) < 4.78 is 32.9. The third-order valence-electron chi connectivity index (χ3n) is 6.56. The first-order valence-corrected chi connectivity index (χ1v) is 14.1. The van der Waals surface area contributed by atoms with E-state index in [-0.39, 0.29) is 36.0 Å². The summed E-state index contributed by atoms with van der Waals surface area (Å²) in [5.41, 5.74) is 6.17. The molecule has 5 rings (SSSR count). The molecule has 0 aliphatic rings. The molecule has 0 fully saturated rings. The van der Waals surface area contributed by atoms with Crippen molar-refractivity contribution in [1.82, 2.24) is 9.99 Å². The highest BCUT2D eigenvalue weighted by molar-refractivity contribution is 9.10. The second-order valence-electron chi connectivity index (χ2n) is 9.71. The minimum absolute atomic E-state index is 0.00247. The zero-order valence-electron chi connectivity index (χ0n) is 23.6. The van der Waals surface area contributed by atoms with Gasteiger partial charge in [0, 0.05) is 33.2 Å². The van der Waals surface area contributed by atoms with Crippen molar-refractivity contribution in [2.24, 2.45) is 5.10 Å². The van der Waals surface area contributed by atoms with Crippen molar-refractivity contribution in [2.45, 2.75) is 27.1 Å². The molecule has 2 heterocycles. The third-order valence-corrected chi connectivity index (χ3v) is 7.02. The number of hydrazone groups is 1. The highest BCUT2D eigenvalue weighted by Crippen LogP contribution is 2.34. The molecule has 44 heavy (non-hydrogen) atoms. The van der Waals surface area contributed by atoms with Gasteiger partial charge in [0.1, 0.15) is 30.5 Å². The summed E-state index contributed by atoms with van der Waals surface area (Å²) in [5.74, 6) is -0.0324. The first-order valence-electron chi connectivity index (χ1n) is 13.3. The summed E-state index contributed by atoms with van der Waals surface area (Å²) in [6.45, 7) is 4.14. The maximum absolute atomic E-state index is 13.2. The Kier molecular flexibility index (Phi) is 9.20. The lowest BCUT2D eigenvalue weighted by atomic mass is 10.2. The van der Waals surface area contributed by atoms with Crippen LogP contribution in [0.15, 0.2) is 98.9 Å². The van der Waals surface area contributed by atoms with E-state index in [0.29, 0.717) is 21.5 Å². The van der Waals surface area contributed by atoms with Gasteiger partial charge in [-0.2, -0.15) is 5.10 Å². The lowest BCUT2D eigenvalue weighted by Crippen LogP contribution is -2.17. The quantitative estimate of drug-likeness (QED) is 0.0894. The van der Waals surface area contributed by atoms with E-state index in [2.05, 4.69) is 43.2 Å². The van der Waals surface area contributed by atoms with Crippen molar-refractivity contribution in [3.8, 4) is 17.2 Å². The first-order chi connectivity index (χ1) is 21.2. The smallest absolute Gasteiger partial charge is 0.312 e. The van der Waals surface area contributed by atoms with E-state index in [1.807, 2.05) is 38.1 Å². The van der Waals surface area contributed by atoms with Crippen LogP contribution in [0.1, 0.15) is 38.8 Å². The van der Waals surface area contributed by atoms with Crippen molar-refractivity contribution >= 4 is 33.7 Å². The van der Waals surface area contributed by atoms with Crippen LogP contribution in [0.2, 0.25) is 0 Å². The van der Waals surface area contributed by atoms with Crippen molar-refractivity contribution in [1.29, 1.82) is 0 Å². The summed E-state index contributed by atoms with van der Waals surface area (Å²) in [4.78, 5) is 23.8. The number of rotatable bonds is 11. The molecule has 0 radical (unpaired) electrons. The van der Waals surface area contributed by atoms with E-state index >= 15 is 0 Å². The summed E-state index contributed by atoms with van der Waals surface area (Å²) in [7, 11) is 0. The second-order valence-corrected chi connectivity index (χ2v) is 10.6. The van der Waals surface area contributed by atoms with E-state index in [1.165, 1.54) is 42.6 Å². The van der Waals surface area contributed by atoms with Crippen LogP contribution in [0.5, 0.6) is 11.5 Å². The minimum atomic E-state index is -0.632. The van der Waals surface area contributed by atoms with Gasteiger partial charge in [-0.3, -0.25) is 14.9 Å². The molecule has 12 heteroatoms. The Morgan fingerprint density at radius 3 is 2.39 bits per heavy atom. The number of aryl methyl sites for hydroxylation is 2. The Balaban J connectivity index is 1.21. The molecular weight excluding hydrogens is 635 g/mol. The van der Waals surface area contributed by atoms with Crippen molar-refractivity contribution in [3.05, 3.63) is 139 Å². The van der Waals surface area contributed by atoms with Gasteiger partial charge in [-0.15, -0.1) is 0 Å². The lowest BCUT2D eigenvalue weighted by Gasteiger charge is -2.11. The number of nitro groups is 1. The van der Waals surface area contributed by atoms with Gasteiger partial charge >= 0.3 is 11.6 Å². The molecule has 10 nitrogen and oxygen atoms in total. The van der Waals surface area contributed by atoms with Crippen molar-refractivity contribution in [3.63, 3.8) is 0 Å². The van der Waals surface area contributed by atoms with Gasteiger partial charge in [0.2, 0.25) is 5.75 Å². The van der Waals surface area contributed by atoms with Gasteiger partial charge < -0.3 is 18.5 Å². The largest absolute Gasteiger partial charge is 0.486 e. The highest BCUT2D eigenvalue weighted by atomic mass is 79.9. The molecule has 0 saturated heterocycles. The highest BCUT2D eigenvalue weighted by Gasteiger charge is 2.21. The number of nitrogens with zero attached hydrogens (tertiary/aromatic N) is 3. The molecule has 0 bridgehead atoms. The average molecular weight is 661 g/mol. The number of halogens is 2. The number of nitro benzene ring substituents is 1. The SMILES string of the molecule is Cc1ccc(C)n1-c1ccc(OCc2ccc(C(=O)N/N=C/c3cc(Br)cc([N+](=O)[O-])c3OCc3ccc(F)cc3)o2)cc1. The zero-order valence-corrected chi connectivity index (χ0v) is 25.2. The predicted octanol–water partition coefficient (Wildman–Crippen LogP) is 7.42. The van der Waals surface area contributed by atoms with Crippen molar-refractivity contribution in [2.75, 3.05) is 0 Å². The van der Waals surface area contributed by atoms with Crippen LogP contribution in [0.4, 0.5) is 10.1 Å². The van der Waals surface area contributed by atoms with Crippen LogP contribution >= 0.6 is 15.9 Å². The Bertz CT molecular complexity index is 1810. The van der Waals surface area contributed by atoms with Crippen molar-refractivity contribution < 1.29 is 28.0 Å². The molecule has 0 atom stereocenters. The monoisotopic (exact) mass is 660 g/mol. The van der Waals surface area contributed by atoms with Gasteiger partial charge in [-0.25, -0.2) is 9.82 Å². The van der Waals surface area contributed by atoms with Crippen LogP contribution in [0, 0.1) is 29.8 Å². The molecule has 1 N–H and O–H groups in total. The van der Waals surface area contributed by atoms with E-state index < -0.39 is 16.6 Å². The number of furan rings is 1. The fourth-order valence-electron chi connectivity index (χ4n) is 4.44. The van der Waals surface area contributed by atoms with Gasteiger partial charge in [-0.1, -0.05) is 28.1 Å². The number of amides is 1. The molecule has 0 aliphatic carbocycles. The minimum Gasteiger partial charge on any atom is -0.486 e. The summed E-state index contributed by atoms with van der Waals surface area (Å²) >= 11 is 3.25. The number of benzene rings is 3. The molecular formula is C32H26BrFN4O6.